The van der Waals surface area contributed by atoms with Crippen LogP contribution in [0, 0.1) is 6.92 Å². The van der Waals surface area contributed by atoms with Crippen molar-refractivity contribution < 1.29 is 13.9 Å². The summed E-state index contributed by atoms with van der Waals surface area (Å²) in [5, 5.41) is 1.20. The third-order valence-electron chi connectivity index (χ3n) is 2.27. The molecule has 1 aromatic carbocycles. The smallest absolute Gasteiger partial charge is 0.342 e. The average Bonchev–Trinajstić information content (AvgIpc) is 2.61. The van der Waals surface area contributed by atoms with Gasteiger partial charge in [-0.1, -0.05) is 11.6 Å². The summed E-state index contributed by atoms with van der Waals surface area (Å²) in [5.41, 5.74) is 1.92. The van der Waals surface area contributed by atoms with E-state index in [2.05, 4.69) is 0 Å². The summed E-state index contributed by atoms with van der Waals surface area (Å²) in [4.78, 5) is 11.6. The number of fused-ring (bicyclic) bond motifs is 1. The molecule has 0 aliphatic heterocycles. The van der Waals surface area contributed by atoms with E-state index in [1.165, 1.54) is 6.26 Å². The number of ether oxygens (including phenoxy) is 1. The molecular weight excluding hydrogens is 228 g/mol. The molecule has 84 valence electrons. The fourth-order valence-corrected chi connectivity index (χ4v) is 1.92. The van der Waals surface area contributed by atoms with Gasteiger partial charge in [-0.05, 0) is 31.5 Å². The van der Waals surface area contributed by atoms with Gasteiger partial charge in [-0.25, -0.2) is 4.79 Å². The third-order valence-corrected chi connectivity index (χ3v) is 2.55. The summed E-state index contributed by atoms with van der Waals surface area (Å²) in [7, 11) is 0. The van der Waals surface area contributed by atoms with E-state index in [1.54, 1.807) is 13.0 Å². The summed E-state index contributed by atoms with van der Waals surface area (Å²) in [6, 6.07) is 3.65. The number of hydrogen-bond acceptors (Lipinski definition) is 3. The number of benzene rings is 1. The third kappa shape index (κ3) is 1.78. The molecule has 16 heavy (non-hydrogen) atoms. The van der Waals surface area contributed by atoms with Gasteiger partial charge in [0, 0.05) is 5.39 Å². The van der Waals surface area contributed by atoms with Crippen LogP contribution in [0.5, 0.6) is 0 Å². The number of esters is 1. The summed E-state index contributed by atoms with van der Waals surface area (Å²) >= 11 is 6.01. The Labute approximate surface area is 97.9 Å². The van der Waals surface area contributed by atoms with Gasteiger partial charge in [-0.3, -0.25) is 0 Å². The van der Waals surface area contributed by atoms with Crippen LogP contribution in [0.25, 0.3) is 11.0 Å². The summed E-state index contributed by atoms with van der Waals surface area (Å²) in [6.45, 7) is 4.01. The molecule has 0 saturated carbocycles. The molecule has 0 aliphatic rings. The zero-order valence-corrected chi connectivity index (χ0v) is 9.80. The molecule has 0 N–H and O–H groups in total. The van der Waals surface area contributed by atoms with Gasteiger partial charge < -0.3 is 9.15 Å². The molecule has 0 amide bonds. The van der Waals surface area contributed by atoms with Crippen molar-refractivity contribution in [2.75, 3.05) is 6.61 Å². The molecular formula is C12H11ClO3. The number of aryl methyl sites for hydroxylation is 1. The second kappa shape index (κ2) is 4.18. The SMILES string of the molecule is CCOC(=O)c1coc2c(Cl)cc(C)cc12. The van der Waals surface area contributed by atoms with Crippen LogP contribution >= 0.6 is 11.6 Å². The number of furan rings is 1. The van der Waals surface area contributed by atoms with Crippen LogP contribution in [-0.4, -0.2) is 12.6 Å². The highest BCUT2D eigenvalue weighted by molar-refractivity contribution is 6.35. The van der Waals surface area contributed by atoms with Crippen molar-refractivity contribution in [3.63, 3.8) is 0 Å². The lowest BCUT2D eigenvalue weighted by Crippen LogP contribution is -2.03. The van der Waals surface area contributed by atoms with Crippen molar-refractivity contribution >= 4 is 28.5 Å². The van der Waals surface area contributed by atoms with Gasteiger partial charge in [-0.15, -0.1) is 0 Å². The van der Waals surface area contributed by atoms with Crippen LogP contribution in [0.4, 0.5) is 0 Å². The van der Waals surface area contributed by atoms with Gasteiger partial charge in [0.05, 0.1) is 11.6 Å². The highest BCUT2D eigenvalue weighted by Crippen LogP contribution is 2.29. The van der Waals surface area contributed by atoms with E-state index in [0.717, 1.165) is 5.56 Å². The van der Waals surface area contributed by atoms with Gasteiger partial charge >= 0.3 is 5.97 Å². The van der Waals surface area contributed by atoms with Crippen LogP contribution in [0.1, 0.15) is 22.8 Å². The standard InChI is InChI=1S/C12H11ClO3/c1-3-15-12(14)9-6-16-11-8(9)4-7(2)5-10(11)13/h4-6H,3H2,1-2H3. The zero-order chi connectivity index (χ0) is 11.7. The minimum atomic E-state index is -0.386. The predicted molar refractivity (Wildman–Crippen MR) is 61.9 cm³/mol. The van der Waals surface area contributed by atoms with E-state index in [1.807, 2.05) is 13.0 Å². The Bertz CT molecular complexity index is 542. The lowest BCUT2D eigenvalue weighted by molar-refractivity contribution is 0.0527. The van der Waals surface area contributed by atoms with E-state index in [0.29, 0.717) is 28.2 Å². The highest BCUT2D eigenvalue weighted by atomic mass is 35.5. The molecule has 2 aromatic rings. The molecule has 2 rings (SSSR count). The molecule has 0 fully saturated rings. The molecule has 1 aromatic heterocycles. The highest BCUT2D eigenvalue weighted by Gasteiger charge is 2.16. The van der Waals surface area contributed by atoms with Crippen molar-refractivity contribution in [1.29, 1.82) is 0 Å². The van der Waals surface area contributed by atoms with E-state index >= 15 is 0 Å². The Morgan fingerprint density at radius 1 is 1.50 bits per heavy atom. The predicted octanol–water partition coefficient (Wildman–Crippen LogP) is 3.57. The number of carbonyl (C=O) groups is 1. The fourth-order valence-electron chi connectivity index (χ4n) is 1.60. The Hall–Kier alpha value is -1.48. The topological polar surface area (TPSA) is 39.4 Å². The normalized spacial score (nSPS) is 10.7. The van der Waals surface area contributed by atoms with Gasteiger partial charge in [0.2, 0.25) is 0 Å². The van der Waals surface area contributed by atoms with Crippen LogP contribution in [-0.2, 0) is 4.74 Å². The van der Waals surface area contributed by atoms with E-state index in [9.17, 15) is 4.79 Å². The summed E-state index contributed by atoms with van der Waals surface area (Å²) in [6.07, 6.45) is 1.38. The van der Waals surface area contributed by atoms with Gasteiger partial charge in [-0.2, -0.15) is 0 Å². The van der Waals surface area contributed by atoms with Crippen LogP contribution in [0.15, 0.2) is 22.8 Å². The lowest BCUT2D eigenvalue weighted by Gasteiger charge is -2.00. The fraction of sp³-hybridized carbons (Fsp3) is 0.250. The van der Waals surface area contributed by atoms with Crippen molar-refractivity contribution in [2.24, 2.45) is 0 Å². The number of hydrogen-bond donors (Lipinski definition) is 0. The Balaban J connectivity index is 2.60. The first-order valence-corrected chi connectivity index (χ1v) is 5.35. The van der Waals surface area contributed by atoms with Crippen LogP contribution in [0.2, 0.25) is 5.02 Å². The van der Waals surface area contributed by atoms with E-state index < -0.39 is 0 Å². The minimum absolute atomic E-state index is 0.338. The monoisotopic (exact) mass is 238 g/mol. The molecule has 0 aliphatic carbocycles. The second-order valence-electron chi connectivity index (χ2n) is 3.49. The summed E-state index contributed by atoms with van der Waals surface area (Å²) < 4.78 is 10.2. The molecule has 4 heteroatoms. The molecule has 1 heterocycles. The van der Waals surface area contributed by atoms with Crippen molar-refractivity contribution in [2.45, 2.75) is 13.8 Å². The molecule has 0 bridgehead atoms. The first-order chi connectivity index (χ1) is 7.63. The first kappa shape index (κ1) is 11.0. The van der Waals surface area contributed by atoms with Crippen molar-refractivity contribution in [3.05, 3.63) is 34.5 Å². The Morgan fingerprint density at radius 2 is 2.25 bits per heavy atom. The molecule has 0 spiro atoms. The molecule has 0 atom stereocenters. The maximum atomic E-state index is 11.6. The Morgan fingerprint density at radius 3 is 2.94 bits per heavy atom. The van der Waals surface area contributed by atoms with Gasteiger partial charge in [0.1, 0.15) is 11.8 Å². The largest absolute Gasteiger partial charge is 0.462 e. The van der Waals surface area contributed by atoms with Crippen LogP contribution in [0.3, 0.4) is 0 Å². The second-order valence-corrected chi connectivity index (χ2v) is 3.90. The molecule has 0 radical (unpaired) electrons. The molecule has 0 saturated heterocycles. The van der Waals surface area contributed by atoms with E-state index in [4.69, 9.17) is 20.8 Å². The quantitative estimate of drug-likeness (QED) is 0.751. The van der Waals surface area contributed by atoms with Crippen molar-refractivity contribution in [1.82, 2.24) is 0 Å². The van der Waals surface area contributed by atoms with E-state index in [-0.39, 0.29) is 5.97 Å². The Kier molecular flexibility index (Phi) is 2.88. The maximum Gasteiger partial charge on any atom is 0.342 e. The lowest BCUT2D eigenvalue weighted by atomic mass is 10.1. The average molecular weight is 239 g/mol. The number of halogens is 1. The van der Waals surface area contributed by atoms with Crippen LogP contribution < -0.4 is 0 Å². The number of rotatable bonds is 2. The van der Waals surface area contributed by atoms with Gasteiger partial charge in [0.15, 0.2) is 5.58 Å². The first-order valence-electron chi connectivity index (χ1n) is 4.98. The van der Waals surface area contributed by atoms with Gasteiger partial charge in [0.25, 0.3) is 0 Å². The zero-order valence-electron chi connectivity index (χ0n) is 9.04. The number of carbonyl (C=O) groups excluding carboxylic acids is 1. The maximum absolute atomic E-state index is 11.6. The minimum Gasteiger partial charge on any atom is -0.462 e. The van der Waals surface area contributed by atoms with Crippen molar-refractivity contribution in [3.8, 4) is 0 Å². The summed E-state index contributed by atoms with van der Waals surface area (Å²) in [5.74, 6) is -0.386. The molecule has 0 unspecified atom stereocenters. The molecule has 3 nitrogen and oxygen atoms in total.